The summed E-state index contributed by atoms with van der Waals surface area (Å²) in [5, 5.41) is 11.3. The highest BCUT2D eigenvalue weighted by Gasteiger charge is 2.50. The van der Waals surface area contributed by atoms with Crippen LogP contribution in [0.3, 0.4) is 0 Å². The highest BCUT2D eigenvalue weighted by atomic mass is 32.1. The Morgan fingerprint density at radius 2 is 2.00 bits per heavy atom. The van der Waals surface area contributed by atoms with Gasteiger partial charge in [0.15, 0.2) is 5.11 Å². The summed E-state index contributed by atoms with van der Waals surface area (Å²) in [6.07, 6.45) is -2.38. The standard InChI is InChI=1S/C19H17F3N4O2S/c1-5-15(27)24-10-11(2)26-17(29)25(16(28)18(26,3)4)13-7-6-12(9-23)14(8-13)19(20,21)22/h5-8,10H,1H2,2-4H3,(H,24,27)/b11-10+. The molecule has 6 nitrogen and oxygen atoms in total. The van der Waals surface area contributed by atoms with Crippen LogP contribution in [0.5, 0.6) is 0 Å². The molecule has 1 aliphatic heterocycles. The van der Waals surface area contributed by atoms with E-state index in [1.54, 1.807) is 20.8 Å². The monoisotopic (exact) mass is 422 g/mol. The predicted molar refractivity (Wildman–Crippen MR) is 104 cm³/mol. The largest absolute Gasteiger partial charge is 0.417 e. The molecule has 10 heteroatoms. The van der Waals surface area contributed by atoms with Crippen LogP contribution < -0.4 is 10.2 Å². The second-order valence-electron chi connectivity index (χ2n) is 6.66. The van der Waals surface area contributed by atoms with Crippen molar-refractivity contribution in [2.24, 2.45) is 0 Å². The van der Waals surface area contributed by atoms with Gasteiger partial charge in [-0.15, -0.1) is 0 Å². The summed E-state index contributed by atoms with van der Waals surface area (Å²) >= 11 is 5.36. The number of nitrogens with one attached hydrogen (secondary N) is 1. The minimum atomic E-state index is -4.77. The van der Waals surface area contributed by atoms with Crippen molar-refractivity contribution < 1.29 is 22.8 Å². The lowest BCUT2D eigenvalue weighted by atomic mass is 10.0. The van der Waals surface area contributed by atoms with Crippen molar-refractivity contribution in [3.05, 3.63) is 53.9 Å². The van der Waals surface area contributed by atoms with Gasteiger partial charge < -0.3 is 10.2 Å². The third-order valence-corrected chi connectivity index (χ3v) is 4.68. The lowest BCUT2D eigenvalue weighted by molar-refractivity contribution is -0.137. The number of hydrogen-bond donors (Lipinski definition) is 1. The van der Waals surface area contributed by atoms with Gasteiger partial charge in [0, 0.05) is 11.9 Å². The molecule has 0 bridgehead atoms. The van der Waals surface area contributed by atoms with E-state index in [0.717, 1.165) is 23.1 Å². The first kappa shape index (κ1) is 22.1. The molecule has 1 aliphatic rings. The molecule has 0 aromatic heterocycles. The maximum Gasteiger partial charge on any atom is 0.417 e. The summed E-state index contributed by atoms with van der Waals surface area (Å²) in [5.74, 6) is -1.03. The van der Waals surface area contributed by atoms with Crippen LogP contribution in [0.4, 0.5) is 18.9 Å². The lowest BCUT2D eigenvalue weighted by Crippen LogP contribution is -2.43. The van der Waals surface area contributed by atoms with Gasteiger partial charge in [-0.3, -0.25) is 14.5 Å². The Morgan fingerprint density at radius 1 is 1.38 bits per heavy atom. The van der Waals surface area contributed by atoms with Crippen LogP contribution in [0, 0.1) is 11.3 Å². The smallest absolute Gasteiger partial charge is 0.327 e. The summed E-state index contributed by atoms with van der Waals surface area (Å²) in [6.45, 7) is 8.04. The molecule has 0 unspecified atom stereocenters. The lowest BCUT2D eigenvalue weighted by Gasteiger charge is -2.29. The predicted octanol–water partition coefficient (Wildman–Crippen LogP) is 3.45. The van der Waals surface area contributed by atoms with Gasteiger partial charge >= 0.3 is 6.18 Å². The summed E-state index contributed by atoms with van der Waals surface area (Å²) in [6, 6.07) is 4.45. The number of anilines is 1. The molecule has 0 atom stereocenters. The van der Waals surface area contributed by atoms with Gasteiger partial charge in [0.05, 0.1) is 22.9 Å². The Bertz CT molecular complexity index is 977. The van der Waals surface area contributed by atoms with Crippen LogP contribution >= 0.6 is 12.2 Å². The molecule has 0 spiro atoms. The van der Waals surface area contributed by atoms with Gasteiger partial charge in [-0.05, 0) is 57.3 Å². The van der Waals surface area contributed by atoms with E-state index in [2.05, 4.69) is 11.9 Å². The average Bonchev–Trinajstić information content (AvgIpc) is 2.82. The summed E-state index contributed by atoms with van der Waals surface area (Å²) in [4.78, 5) is 26.8. The number of alkyl halides is 3. The van der Waals surface area contributed by atoms with Gasteiger partial charge in [0.25, 0.3) is 5.91 Å². The van der Waals surface area contributed by atoms with E-state index in [1.807, 2.05) is 0 Å². The summed E-state index contributed by atoms with van der Waals surface area (Å²) < 4.78 is 39.9. The maximum atomic E-state index is 13.3. The number of nitriles is 1. The van der Waals surface area contributed by atoms with E-state index in [-0.39, 0.29) is 10.8 Å². The average molecular weight is 422 g/mol. The fourth-order valence-electron chi connectivity index (χ4n) is 2.92. The first-order valence-corrected chi connectivity index (χ1v) is 8.67. The zero-order valence-corrected chi connectivity index (χ0v) is 16.6. The normalized spacial score (nSPS) is 16.7. The third kappa shape index (κ3) is 4.00. The van der Waals surface area contributed by atoms with Crippen LogP contribution in [0.15, 0.2) is 42.8 Å². The van der Waals surface area contributed by atoms with Crippen molar-refractivity contribution in [1.29, 1.82) is 5.26 Å². The molecule has 1 aromatic carbocycles. The van der Waals surface area contributed by atoms with Crippen molar-refractivity contribution >= 4 is 34.8 Å². The van der Waals surface area contributed by atoms with Crippen LogP contribution in [0.2, 0.25) is 0 Å². The number of carbonyl (C=O) groups excluding carboxylic acids is 2. The van der Waals surface area contributed by atoms with Gasteiger partial charge in [0.2, 0.25) is 5.91 Å². The number of hydrogen-bond acceptors (Lipinski definition) is 4. The molecule has 1 heterocycles. The fourth-order valence-corrected chi connectivity index (χ4v) is 3.48. The zero-order valence-electron chi connectivity index (χ0n) is 15.8. The molecule has 29 heavy (non-hydrogen) atoms. The third-order valence-electron chi connectivity index (χ3n) is 4.32. The van der Waals surface area contributed by atoms with E-state index in [9.17, 15) is 22.8 Å². The number of amides is 2. The summed E-state index contributed by atoms with van der Waals surface area (Å²) in [7, 11) is 0. The molecule has 1 N–H and O–H groups in total. The molecular formula is C19H17F3N4O2S. The number of nitrogens with zero attached hydrogens (tertiary/aromatic N) is 3. The maximum absolute atomic E-state index is 13.3. The number of benzene rings is 1. The molecule has 1 saturated heterocycles. The molecule has 1 fully saturated rings. The minimum Gasteiger partial charge on any atom is -0.327 e. The summed E-state index contributed by atoms with van der Waals surface area (Å²) in [5.41, 5.74) is -2.64. The number of carbonyl (C=O) groups is 2. The Hall–Kier alpha value is -3.19. The van der Waals surface area contributed by atoms with Gasteiger partial charge in [-0.1, -0.05) is 6.58 Å². The first-order valence-electron chi connectivity index (χ1n) is 8.26. The van der Waals surface area contributed by atoms with Crippen LogP contribution in [-0.2, 0) is 15.8 Å². The second kappa shape index (κ2) is 7.67. The van der Waals surface area contributed by atoms with E-state index in [4.69, 9.17) is 17.5 Å². The van der Waals surface area contributed by atoms with E-state index >= 15 is 0 Å². The SMILES string of the molecule is C=CC(=O)N/C=C(\C)N1C(=S)N(c2ccc(C#N)c(C(F)(F)F)c2)C(=O)C1(C)C. The molecule has 1 aromatic rings. The highest BCUT2D eigenvalue weighted by Crippen LogP contribution is 2.38. The molecular weight excluding hydrogens is 405 g/mol. The van der Waals surface area contributed by atoms with Crippen molar-refractivity contribution in [3.63, 3.8) is 0 Å². The van der Waals surface area contributed by atoms with Gasteiger partial charge in [0.1, 0.15) is 5.54 Å². The Labute approximate surface area is 170 Å². The minimum absolute atomic E-state index is 0.0561. The fraction of sp³-hybridized carbons (Fsp3) is 0.263. The van der Waals surface area contributed by atoms with Gasteiger partial charge in [-0.2, -0.15) is 18.4 Å². The number of rotatable bonds is 4. The molecule has 152 valence electrons. The topological polar surface area (TPSA) is 76.4 Å². The van der Waals surface area contributed by atoms with Crippen molar-refractivity contribution in [2.75, 3.05) is 4.90 Å². The molecule has 0 radical (unpaired) electrons. The molecule has 0 saturated carbocycles. The van der Waals surface area contributed by atoms with Crippen molar-refractivity contribution in [2.45, 2.75) is 32.5 Å². The number of halogens is 3. The van der Waals surface area contributed by atoms with Crippen LogP contribution in [0.1, 0.15) is 31.9 Å². The Morgan fingerprint density at radius 3 is 2.52 bits per heavy atom. The second-order valence-corrected chi connectivity index (χ2v) is 7.02. The van der Waals surface area contributed by atoms with Crippen molar-refractivity contribution in [1.82, 2.24) is 10.2 Å². The van der Waals surface area contributed by atoms with Gasteiger partial charge in [-0.25, -0.2) is 0 Å². The molecule has 2 amide bonds. The zero-order chi connectivity index (χ0) is 22.1. The first-order chi connectivity index (χ1) is 13.4. The van der Waals surface area contributed by atoms with E-state index in [1.165, 1.54) is 23.2 Å². The quantitative estimate of drug-likeness (QED) is 0.594. The Kier molecular flexibility index (Phi) is 5.85. The number of allylic oxidation sites excluding steroid dienone is 1. The van der Waals surface area contributed by atoms with Crippen LogP contribution in [-0.4, -0.2) is 27.4 Å². The van der Waals surface area contributed by atoms with Crippen molar-refractivity contribution in [3.8, 4) is 6.07 Å². The van der Waals surface area contributed by atoms with Crippen LogP contribution in [0.25, 0.3) is 0 Å². The van der Waals surface area contributed by atoms with E-state index in [0.29, 0.717) is 5.70 Å². The molecule has 2 rings (SSSR count). The highest BCUT2D eigenvalue weighted by molar-refractivity contribution is 7.80. The molecule has 0 aliphatic carbocycles. The van der Waals surface area contributed by atoms with E-state index < -0.39 is 34.7 Å². The Balaban J connectivity index is 2.53. The number of thiocarbonyl (C=S) groups is 1.